The number of carboxylic acid groups (broad SMARTS) is 1. The topological polar surface area (TPSA) is 40.5 Å². The van der Waals surface area contributed by atoms with E-state index in [0.717, 1.165) is 36.3 Å². The number of hydrogen-bond acceptors (Lipinski definition) is 2. The van der Waals surface area contributed by atoms with E-state index >= 15 is 0 Å². The van der Waals surface area contributed by atoms with Gasteiger partial charge in [0.2, 0.25) is 0 Å². The largest absolute Gasteiger partial charge is 0.481 e. The molecule has 3 aromatic carbocycles. The Morgan fingerprint density at radius 1 is 0.971 bits per heavy atom. The van der Waals surface area contributed by atoms with E-state index in [0.29, 0.717) is 24.1 Å². The molecule has 0 saturated heterocycles. The minimum atomic E-state index is -4.40. The van der Waals surface area contributed by atoms with Crippen molar-refractivity contribution in [3.63, 3.8) is 0 Å². The third kappa shape index (κ3) is 5.27. The lowest BCUT2D eigenvalue weighted by Gasteiger charge is -2.32. The quantitative estimate of drug-likeness (QED) is 0.419. The molecule has 0 aliphatic carbocycles. The first kappa shape index (κ1) is 23.9. The van der Waals surface area contributed by atoms with Crippen LogP contribution < -0.4 is 4.90 Å². The fraction of sp³-hybridized carbons (Fsp3) is 0.321. The number of rotatable bonds is 6. The lowest BCUT2D eigenvalue weighted by molar-refractivity contribution is -0.139. The Kier molecular flexibility index (Phi) is 6.69. The third-order valence-corrected chi connectivity index (χ3v) is 6.39. The molecule has 178 valence electrons. The maximum Gasteiger partial charge on any atom is 0.416 e. The second-order valence-corrected chi connectivity index (χ2v) is 9.35. The molecule has 6 heteroatoms. The second kappa shape index (κ2) is 9.53. The van der Waals surface area contributed by atoms with Crippen LogP contribution in [0, 0.1) is 5.92 Å². The molecule has 3 nitrogen and oxygen atoms in total. The van der Waals surface area contributed by atoms with Gasteiger partial charge in [0.05, 0.1) is 11.5 Å². The average Bonchev–Trinajstić information content (AvgIpc) is 2.81. The van der Waals surface area contributed by atoms with E-state index in [-0.39, 0.29) is 5.92 Å². The minimum Gasteiger partial charge on any atom is -0.481 e. The molecule has 0 spiro atoms. The van der Waals surface area contributed by atoms with Crippen LogP contribution in [0.15, 0.2) is 66.7 Å². The molecule has 0 radical (unpaired) electrons. The van der Waals surface area contributed by atoms with Crippen molar-refractivity contribution in [1.29, 1.82) is 0 Å². The number of carboxylic acids is 1. The molecule has 0 bridgehead atoms. The Bertz CT molecular complexity index is 1170. The SMILES string of the molecule is CC(C)CC(C(=O)O)c1cc(-c2ccc(C(F)(F)F)cc2)cc(N2CCc3ccccc3C2)c1. The van der Waals surface area contributed by atoms with E-state index in [1.807, 2.05) is 44.2 Å². The zero-order valence-electron chi connectivity index (χ0n) is 19.3. The van der Waals surface area contributed by atoms with Gasteiger partial charge in [-0.3, -0.25) is 4.79 Å². The Balaban J connectivity index is 1.77. The molecule has 1 unspecified atom stereocenters. The summed E-state index contributed by atoms with van der Waals surface area (Å²) in [6.45, 7) is 5.46. The third-order valence-electron chi connectivity index (χ3n) is 6.39. The van der Waals surface area contributed by atoms with Crippen molar-refractivity contribution in [2.75, 3.05) is 11.4 Å². The number of anilines is 1. The first-order valence-corrected chi connectivity index (χ1v) is 11.5. The van der Waals surface area contributed by atoms with Crippen LogP contribution in [0.4, 0.5) is 18.9 Å². The molecule has 0 fully saturated rings. The van der Waals surface area contributed by atoms with E-state index in [9.17, 15) is 23.1 Å². The summed E-state index contributed by atoms with van der Waals surface area (Å²) in [5.41, 5.74) is 4.73. The maximum atomic E-state index is 13.1. The number of nitrogens with zero attached hydrogens (tertiary/aromatic N) is 1. The summed E-state index contributed by atoms with van der Waals surface area (Å²) < 4.78 is 39.2. The average molecular weight is 468 g/mol. The molecular formula is C28H28F3NO2. The van der Waals surface area contributed by atoms with Gasteiger partial charge in [0.1, 0.15) is 0 Å². The lowest BCUT2D eigenvalue weighted by Crippen LogP contribution is -2.30. The molecule has 0 aromatic heterocycles. The van der Waals surface area contributed by atoms with Crippen molar-refractivity contribution in [3.05, 3.63) is 89.0 Å². The maximum absolute atomic E-state index is 13.1. The fourth-order valence-electron chi connectivity index (χ4n) is 4.60. The molecule has 1 aliphatic rings. The van der Waals surface area contributed by atoms with Crippen molar-refractivity contribution in [2.45, 2.75) is 45.3 Å². The summed E-state index contributed by atoms with van der Waals surface area (Å²) in [7, 11) is 0. The Labute approximate surface area is 197 Å². The van der Waals surface area contributed by atoms with Gasteiger partial charge in [-0.05, 0) is 70.8 Å². The monoisotopic (exact) mass is 467 g/mol. The highest BCUT2D eigenvalue weighted by atomic mass is 19.4. The van der Waals surface area contributed by atoms with Crippen LogP contribution in [-0.2, 0) is 23.9 Å². The number of halogens is 3. The highest BCUT2D eigenvalue weighted by Gasteiger charge is 2.30. The fourth-order valence-corrected chi connectivity index (χ4v) is 4.60. The van der Waals surface area contributed by atoms with E-state index in [1.165, 1.54) is 23.3 Å². The van der Waals surface area contributed by atoms with Crippen LogP contribution in [0.2, 0.25) is 0 Å². The van der Waals surface area contributed by atoms with Crippen molar-refractivity contribution in [3.8, 4) is 11.1 Å². The lowest BCUT2D eigenvalue weighted by atomic mass is 9.87. The van der Waals surface area contributed by atoms with Crippen LogP contribution in [0.1, 0.15) is 48.4 Å². The zero-order valence-corrected chi connectivity index (χ0v) is 19.3. The molecule has 0 amide bonds. The van der Waals surface area contributed by atoms with Crippen molar-refractivity contribution >= 4 is 11.7 Å². The van der Waals surface area contributed by atoms with Crippen molar-refractivity contribution in [2.24, 2.45) is 5.92 Å². The summed E-state index contributed by atoms with van der Waals surface area (Å²) >= 11 is 0. The number of hydrogen-bond donors (Lipinski definition) is 1. The molecule has 34 heavy (non-hydrogen) atoms. The first-order chi connectivity index (χ1) is 16.1. The zero-order chi connectivity index (χ0) is 24.5. The Morgan fingerprint density at radius 3 is 2.26 bits per heavy atom. The Morgan fingerprint density at radius 2 is 1.65 bits per heavy atom. The molecule has 1 N–H and O–H groups in total. The summed E-state index contributed by atoms with van der Waals surface area (Å²) in [4.78, 5) is 14.4. The number of aliphatic carboxylic acids is 1. The Hall–Kier alpha value is -3.28. The summed E-state index contributed by atoms with van der Waals surface area (Å²) in [5.74, 6) is -1.40. The molecule has 4 rings (SSSR count). The van der Waals surface area contributed by atoms with Gasteiger partial charge in [-0.2, -0.15) is 13.2 Å². The van der Waals surface area contributed by atoms with Gasteiger partial charge in [0.25, 0.3) is 0 Å². The molecule has 1 aliphatic heterocycles. The van der Waals surface area contributed by atoms with Crippen LogP contribution >= 0.6 is 0 Å². The molecular weight excluding hydrogens is 439 g/mol. The van der Waals surface area contributed by atoms with Gasteiger partial charge in [0, 0.05) is 18.8 Å². The predicted octanol–water partition coefficient (Wildman–Crippen LogP) is 7.15. The molecule has 1 heterocycles. The number of fused-ring (bicyclic) bond motifs is 1. The van der Waals surface area contributed by atoms with Crippen LogP contribution in [0.3, 0.4) is 0 Å². The standard InChI is InChI=1S/C28H28F3NO2/c1-18(2)13-26(27(33)34)23-14-22(20-7-9-24(10-8-20)28(29,30)31)15-25(16-23)32-12-11-19-5-3-4-6-21(19)17-32/h3-10,14-16,18,26H,11-13,17H2,1-2H3,(H,33,34). The van der Waals surface area contributed by atoms with Crippen LogP contribution in [-0.4, -0.2) is 17.6 Å². The molecule has 0 saturated carbocycles. The predicted molar refractivity (Wildman–Crippen MR) is 128 cm³/mol. The van der Waals surface area contributed by atoms with Gasteiger partial charge < -0.3 is 10.0 Å². The van der Waals surface area contributed by atoms with Gasteiger partial charge in [-0.1, -0.05) is 56.3 Å². The minimum absolute atomic E-state index is 0.182. The number of carbonyl (C=O) groups is 1. The highest BCUT2D eigenvalue weighted by molar-refractivity contribution is 5.79. The van der Waals surface area contributed by atoms with Crippen LogP contribution in [0.25, 0.3) is 11.1 Å². The van der Waals surface area contributed by atoms with E-state index in [4.69, 9.17) is 0 Å². The van der Waals surface area contributed by atoms with E-state index < -0.39 is 23.6 Å². The van der Waals surface area contributed by atoms with E-state index in [1.54, 1.807) is 0 Å². The van der Waals surface area contributed by atoms with Gasteiger partial charge in [-0.15, -0.1) is 0 Å². The summed E-state index contributed by atoms with van der Waals surface area (Å²) in [6, 6.07) is 19.0. The second-order valence-electron chi connectivity index (χ2n) is 9.35. The smallest absolute Gasteiger partial charge is 0.416 e. The summed E-state index contributed by atoms with van der Waals surface area (Å²) in [5, 5.41) is 9.96. The molecule has 3 aromatic rings. The van der Waals surface area contributed by atoms with Crippen LogP contribution in [0.5, 0.6) is 0 Å². The van der Waals surface area contributed by atoms with Gasteiger partial charge >= 0.3 is 12.1 Å². The number of alkyl halides is 3. The van der Waals surface area contributed by atoms with E-state index in [2.05, 4.69) is 17.0 Å². The van der Waals surface area contributed by atoms with Crippen molar-refractivity contribution in [1.82, 2.24) is 0 Å². The van der Waals surface area contributed by atoms with Gasteiger partial charge in [0.15, 0.2) is 0 Å². The van der Waals surface area contributed by atoms with Gasteiger partial charge in [-0.25, -0.2) is 0 Å². The highest BCUT2D eigenvalue weighted by Crippen LogP contribution is 2.36. The first-order valence-electron chi connectivity index (χ1n) is 11.5. The summed E-state index contributed by atoms with van der Waals surface area (Å²) in [6.07, 6.45) is -3.04. The molecule has 1 atom stereocenters. The normalized spacial score (nSPS) is 14.7. The van der Waals surface area contributed by atoms with Crippen molar-refractivity contribution < 1.29 is 23.1 Å². The number of benzene rings is 3.